The average Bonchev–Trinajstić information content (AvgIpc) is 3.17. The summed E-state index contributed by atoms with van der Waals surface area (Å²) in [5.74, 6) is -0.660. The number of hydrogen-bond acceptors (Lipinski definition) is 5. The molecule has 0 saturated carbocycles. The highest BCUT2D eigenvalue weighted by atomic mass is 19.1. The summed E-state index contributed by atoms with van der Waals surface area (Å²) in [5.41, 5.74) is 0.582. The molecule has 0 radical (unpaired) electrons. The highest BCUT2D eigenvalue weighted by molar-refractivity contribution is 5.89. The van der Waals surface area contributed by atoms with Gasteiger partial charge in [-0.3, -0.25) is 4.79 Å². The van der Waals surface area contributed by atoms with Gasteiger partial charge in [-0.25, -0.2) is 4.39 Å². The Morgan fingerprint density at radius 2 is 2.19 bits per heavy atom. The summed E-state index contributed by atoms with van der Waals surface area (Å²) in [6.07, 6.45) is 1.99. The molecule has 7 heteroatoms. The fourth-order valence-corrected chi connectivity index (χ4v) is 2.12. The molecule has 1 amide bonds. The Bertz CT molecular complexity index is 621. The Labute approximate surface area is 120 Å². The van der Waals surface area contributed by atoms with Gasteiger partial charge in [0.05, 0.1) is 6.10 Å². The van der Waals surface area contributed by atoms with Crippen LogP contribution in [0.5, 0.6) is 0 Å². The number of rotatable bonds is 4. The molecule has 0 aliphatic carbocycles. The molecule has 1 saturated heterocycles. The first kappa shape index (κ1) is 13.7. The number of carbonyl (C=O) groups excluding carboxylic acids is 1. The third kappa shape index (κ3) is 3.25. The van der Waals surface area contributed by atoms with E-state index in [1.54, 1.807) is 0 Å². The molecule has 3 rings (SSSR count). The fourth-order valence-electron chi connectivity index (χ4n) is 2.12. The molecule has 1 aliphatic heterocycles. The first-order chi connectivity index (χ1) is 10.2. The number of ether oxygens (including phenoxy) is 1. The molecule has 0 bridgehead atoms. The van der Waals surface area contributed by atoms with Gasteiger partial charge in [-0.15, -0.1) is 0 Å². The standard InChI is InChI=1S/C14H14FN3O3/c15-10-5-3-9(4-6-10)12-17-14(21-18-12)13(19)16-8-11-2-1-7-20-11/h3-6,11H,1-2,7-8H2,(H,16,19)/t11-/m0/s1. The van der Waals surface area contributed by atoms with Crippen molar-refractivity contribution >= 4 is 5.91 Å². The number of nitrogens with zero attached hydrogens (tertiary/aromatic N) is 2. The summed E-state index contributed by atoms with van der Waals surface area (Å²) in [6, 6.07) is 5.63. The first-order valence-corrected chi connectivity index (χ1v) is 6.72. The van der Waals surface area contributed by atoms with Crippen LogP contribution in [0.1, 0.15) is 23.5 Å². The van der Waals surface area contributed by atoms with E-state index in [4.69, 9.17) is 9.26 Å². The molecule has 0 spiro atoms. The van der Waals surface area contributed by atoms with Crippen molar-refractivity contribution in [3.05, 3.63) is 36.0 Å². The molecule has 2 aromatic rings. The third-order valence-electron chi connectivity index (χ3n) is 3.24. The lowest BCUT2D eigenvalue weighted by molar-refractivity contribution is 0.0822. The second-order valence-electron chi connectivity index (χ2n) is 4.78. The van der Waals surface area contributed by atoms with Gasteiger partial charge < -0.3 is 14.6 Å². The van der Waals surface area contributed by atoms with Gasteiger partial charge in [0.25, 0.3) is 0 Å². The molecular formula is C14H14FN3O3. The number of aromatic nitrogens is 2. The van der Waals surface area contributed by atoms with Crippen LogP contribution in [-0.4, -0.2) is 35.3 Å². The predicted molar refractivity (Wildman–Crippen MR) is 71.0 cm³/mol. The predicted octanol–water partition coefficient (Wildman–Crippen LogP) is 1.78. The Balaban J connectivity index is 1.63. The van der Waals surface area contributed by atoms with E-state index in [-0.39, 0.29) is 23.6 Å². The van der Waals surface area contributed by atoms with Crippen LogP contribution >= 0.6 is 0 Å². The smallest absolute Gasteiger partial charge is 0.316 e. The summed E-state index contributed by atoms with van der Waals surface area (Å²) >= 11 is 0. The maximum absolute atomic E-state index is 12.8. The van der Waals surface area contributed by atoms with Crippen molar-refractivity contribution in [3.8, 4) is 11.4 Å². The van der Waals surface area contributed by atoms with Crippen molar-refractivity contribution in [1.29, 1.82) is 0 Å². The lowest BCUT2D eigenvalue weighted by Crippen LogP contribution is -2.31. The molecule has 6 nitrogen and oxygen atoms in total. The molecule has 1 aromatic carbocycles. The quantitative estimate of drug-likeness (QED) is 0.929. The Morgan fingerprint density at radius 3 is 2.90 bits per heavy atom. The molecule has 1 aromatic heterocycles. The second kappa shape index (κ2) is 6.01. The minimum Gasteiger partial charge on any atom is -0.376 e. The second-order valence-corrected chi connectivity index (χ2v) is 4.78. The van der Waals surface area contributed by atoms with Crippen LogP contribution in [0, 0.1) is 5.82 Å². The van der Waals surface area contributed by atoms with Crippen LogP contribution in [0.25, 0.3) is 11.4 Å². The summed E-state index contributed by atoms with van der Waals surface area (Å²) < 4.78 is 23.2. The van der Waals surface area contributed by atoms with Crippen LogP contribution in [0.3, 0.4) is 0 Å². The van der Waals surface area contributed by atoms with Crippen LogP contribution < -0.4 is 5.32 Å². The zero-order valence-electron chi connectivity index (χ0n) is 11.2. The van der Waals surface area contributed by atoms with Crippen molar-refractivity contribution in [1.82, 2.24) is 15.5 Å². The fraction of sp³-hybridized carbons (Fsp3) is 0.357. The monoisotopic (exact) mass is 291 g/mol. The summed E-state index contributed by atoms with van der Waals surface area (Å²) in [7, 11) is 0. The van der Waals surface area contributed by atoms with E-state index >= 15 is 0 Å². The molecule has 1 fully saturated rings. The highest BCUT2D eigenvalue weighted by Crippen LogP contribution is 2.16. The molecule has 110 valence electrons. The van der Waals surface area contributed by atoms with Crippen LogP contribution in [0.15, 0.2) is 28.8 Å². The van der Waals surface area contributed by atoms with Gasteiger partial charge in [0.2, 0.25) is 5.82 Å². The lowest BCUT2D eigenvalue weighted by atomic mass is 10.2. The number of hydrogen-bond donors (Lipinski definition) is 1. The lowest BCUT2D eigenvalue weighted by Gasteiger charge is -2.08. The van der Waals surface area contributed by atoms with Gasteiger partial charge in [0.1, 0.15) is 5.82 Å². The number of halogens is 1. The number of carbonyl (C=O) groups is 1. The Kier molecular flexibility index (Phi) is 3.92. The molecular weight excluding hydrogens is 277 g/mol. The number of nitrogens with one attached hydrogen (secondary N) is 1. The number of benzene rings is 1. The maximum Gasteiger partial charge on any atom is 0.316 e. The van der Waals surface area contributed by atoms with Crippen molar-refractivity contribution < 1.29 is 18.4 Å². The topological polar surface area (TPSA) is 77.2 Å². The molecule has 1 N–H and O–H groups in total. The third-order valence-corrected chi connectivity index (χ3v) is 3.24. The Morgan fingerprint density at radius 1 is 1.38 bits per heavy atom. The van der Waals surface area contributed by atoms with E-state index in [1.165, 1.54) is 24.3 Å². The van der Waals surface area contributed by atoms with E-state index in [2.05, 4.69) is 15.5 Å². The van der Waals surface area contributed by atoms with Crippen molar-refractivity contribution in [3.63, 3.8) is 0 Å². The minimum atomic E-state index is -0.439. The molecule has 1 atom stereocenters. The SMILES string of the molecule is O=C(NC[C@@H]1CCCO1)c1nc(-c2ccc(F)cc2)no1. The maximum atomic E-state index is 12.8. The molecule has 2 heterocycles. The van der Waals surface area contributed by atoms with E-state index in [0.717, 1.165) is 19.4 Å². The van der Waals surface area contributed by atoms with E-state index < -0.39 is 5.91 Å². The van der Waals surface area contributed by atoms with E-state index in [1.807, 2.05) is 0 Å². The van der Waals surface area contributed by atoms with Crippen molar-refractivity contribution in [2.75, 3.05) is 13.2 Å². The van der Waals surface area contributed by atoms with Crippen LogP contribution in [0.2, 0.25) is 0 Å². The highest BCUT2D eigenvalue weighted by Gasteiger charge is 2.20. The van der Waals surface area contributed by atoms with Gasteiger partial charge in [-0.2, -0.15) is 4.98 Å². The molecule has 21 heavy (non-hydrogen) atoms. The average molecular weight is 291 g/mol. The van der Waals surface area contributed by atoms with Gasteiger partial charge >= 0.3 is 11.8 Å². The van der Waals surface area contributed by atoms with E-state index in [9.17, 15) is 9.18 Å². The van der Waals surface area contributed by atoms with Crippen LogP contribution in [0.4, 0.5) is 4.39 Å². The van der Waals surface area contributed by atoms with E-state index in [0.29, 0.717) is 12.1 Å². The summed E-state index contributed by atoms with van der Waals surface area (Å²) in [6.45, 7) is 1.16. The summed E-state index contributed by atoms with van der Waals surface area (Å²) in [5, 5.41) is 6.41. The molecule has 1 aliphatic rings. The zero-order chi connectivity index (χ0) is 14.7. The van der Waals surface area contributed by atoms with Gasteiger partial charge in [-0.05, 0) is 37.1 Å². The summed E-state index contributed by atoms with van der Waals surface area (Å²) in [4.78, 5) is 15.9. The van der Waals surface area contributed by atoms with Gasteiger partial charge in [0.15, 0.2) is 0 Å². The van der Waals surface area contributed by atoms with Crippen molar-refractivity contribution in [2.45, 2.75) is 18.9 Å². The van der Waals surface area contributed by atoms with Gasteiger partial charge in [-0.1, -0.05) is 5.16 Å². The number of amides is 1. The van der Waals surface area contributed by atoms with Gasteiger partial charge in [0, 0.05) is 18.7 Å². The zero-order valence-corrected chi connectivity index (χ0v) is 11.2. The largest absolute Gasteiger partial charge is 0.376 e. The normalized spacial score (nSPS) is 17.9. The minimum absolute atomic E-state index is 0.0495. The molecule has 0 unspecified atom stereocenters. The Hall–Kier alpha value is -2.28. The van der Waals surface area contributed by atoms with Crippen molar-refractivity contribution in [2.24, 2.45) is 0 Å². The first-order valence-electron chi connectivity index (χ1n) is 6.72. The van der Waals surface area contributed by atoms with Crippen LogP contribution in [-0.2, 0) is 4.74 Å².